The summed E-state index contributed by atoms with van der Waals surface area (Å²) in [5.41, 5.74) is 2.76. The molecule has 8 nitrogen and oxygen atoms in total. The highest BCUT2D eigenvalue weighted by Crippen LogP contribution is 1.94. The van der Waals surface area contributed by atoms with Gasteiger partial charge in [0.25, 0.3) is 11.5 Å². The first kappa shape index (κ1) is 13.0. The maximum Gasteiger partial charge on any atom is 0.287 e. The Morgan fingerprint density at radius 3 is 3.00 bits per heavy atom. The van der Waals surface area contributed by atoms with Gasteiger partial charge in [-0.15, -0.1) is 5.10 Å². The van der Waals surface area contributed by atoms with E-state index in [1.54, 1.807) is 23.8 Å². The van der Waals surface area contributed by atoms with Crippen LogP contribution < -0.4 is 16.8 Å². The smallest absolute Gasteiger partial charge is 0.287 e. The molecule has 8 heteroatoms. The Morgan fingerprint density at radius 2 is 2.26 bits per heavy atom. The number of hydrazine groups is 1. The predicted molar refractivity (Wildman–Crippen MR) is 67.1 cm³/mol. The van der Waals surface area contributed by atoms with Crippen LogP contribution in [0.1, 0.15) is 16.1 Å². The van der Waals surface area contributed by atoms with Gasteiger partial charge in [-0.2, -0.15) is 0 Å². The summed E-state index contributed by atoms with van der Waals surface area (Å²) < 4.78 is 3.07. The fourth-order valence-electron chi connectivity index (χ4n) is 1.63. The summed E-state index contributed by atoms with van der Waals surface area (Å²) in [5, 5.41) is 7.46. The van der Waals surface area contributed by atoms with Crippen molar-refractivity contribution >= 4 is 5.91 Å². The molecule has 2 aromatic rings. The van der Waals surface area contributed by atoms with E-state index in [-0.39, 0.29) is 11.3 Å². The Kier molecular flexibility index (Phi) is 3.71. The van der Waals surface area contributed by atoms with Gasteiger partial charge in [-0.3, -0.25) is 15.0 Å². The van der Waals surface area contributed by atoms with Crippen molar-refractivity contribution < 1.29 is 4.79 Å². The summed E-state index contributed by atoms with van der Waals surface area (Å²) in [7, 11) is 0. The first-order valence-corrected chi connectivity index (χ1v) is 5.69. The first-order valence-electron chi connectivity index (χ1n) is 5.69. The third kappa shape index (κ3) is 2.86. The van der Waals surface area contributed by atoms with Gasteiger partial charge < -0.3 is 4.57 Å². The summed E-state index contributed by atoms with van der Waals surface area (Å²) in [4.78, 5) is 23.0. The van der Waals surface area contributed by atoms with Crippen LogP contribution in [0, 0.1) is 6.92 Å². The quantitative estimate of drug-likeness (QED) is 0.419. The highest BCUT2D eigenvalue weighted by atomic mass is 16.2. The van der Waals surface area contributed by atoms with E-state index >= 15 is 0 Å². The molecule has 0 unspecified atom stereocenters. The molecule has 0 aliphatic heterocycles. The van der Waals surface area contributed by atoms with Crippen molar-refractivity contribution in [3.05, 3.63) is 46.1 Å². The van der Waals surface area contributed by atoms with Gasteiger partial charge in [0.15, 0.2) is 5.69 Å². The summed E-state index contributed by atoms with van der Waals surface area (Å²) in [6, 6.07) is 3.57. The van der Waals surface area contributed by atoms with Gasteiger partial charge in [0.2, 0.25) is 0 Å². The van der Waals surface area contributed by atoms with Gasteiger partial charge in [-0.25, -0.2) is 10.5 Å². The van der Waals surface area contributed by atoms with E-state index < -0.39 is 5.91 Å². The molecule has 0 spiro atoms. The van der Waals surface area contributed by atoms with Crippen LogP contribution >= 0.6 is 0 Å². The zero-order valence-electron chi connectivity index (χ0n) is 10.4. The molecule has 2 rings (SSSR count). The molecule has 0 aliphatic carbocycles. The monoisotopic (exact) mass is 262 g/mol. The fraction of sp³-hybridized carbons (Fsp3) is 0.273. The van der Waals surface area contributed by atoms with Crippen LogP contribution in [0.2, 0.25) is 0 Å². The van der Waals surface area contributed by atoms with Crippen molar-refractivity contribution in [2.24, 2.45) is 5.84 Å². The fourth-order valence-corrected chi connectivity index (χ4v) is 1.63. The summed E-state index contributed by atoms with van der Waals surface area (Å²) in [6.07, 6.45) is 3.18. The molecule has 2 heterocycles. The normalized spacial score (nSPS) is 10.4. The molecular formula is C11H14N6O2. The molecule has 0 atom stereocenters. The Bertz CT molecular complexity index is 645. The number of hydrogen-bond acceptors (Lipinski definition) is 5. The van der Waals surface area contributed by atoms with Gasteiger partial charge in [0.05, 0.1) is 12.7 Å². The second kappa shape index (κ2) is 5.44. The zero-order chi connectivity index (χ0) is 13.8. The summed E-state index contributed by atoms with van der Waals surface area (Å²) in [5.74, 6) is 4.49. The van der Waals surface area contributed by atoms with Crippen LogP contribution in [0.25, 0.3) is 0 Å². The largest absolute Gasteiger partial charge is 0.313 e. The minimum atomic E-state index is -0.501. The lowest BCUT2D eigenvalue weighted by Crippen LogP contribution is -2.30. The van der Waals surface area contributed by atoms with Gasteiger partial charge >= 0.3 is 0 Å². The van der Waals surface area contributed by atoms with Crippen molar-refractivity contribution in [3.63, 3.8) is 0 Å². The first-order chi connectivity index (χ1) is 9.11. The molecule has 0 fully saturated rings. The third-order valence-electron chi connectivity index (χ3n) is 2.68. The average Bonchev–Trinajstić information content (AvgIpc) is 2.88. The summed E-state index contributed by atoms with van der Waals surface area (Å²) in [6.45, 7) is 2.65. The molecule has 100 valence electrons. The zero-order valence-corrected chi connectivity index (χ0v) is 10.4. The van der Waals surface area contributed by atoms with E-state index in [1.807, 2.05) is 11.5 Å². The molecule has 0 radical (unpaired) electrons. The highest BCUT2D eigenvalue weighted by Gasteiger charge is 2.08. The van der Waals surface area contributed by atoms with E-state index in [9.17, 15) is 9.59 Å². The number of amides is 1. The molecule has 0 aliphatic rings. The van der Waals surface area contributed by atoms with Crippen molar-refractivity contribution in [2.45, 2.75) is 20.0 Å². The van der Waals surface area contributed by atoms with E-state index in [4.69, 9.17) is 5.84 Å². The van der Waals surface area contributed by atoms with Gasteiger partial charge in [-0.05, 0) is 13.0 Å². The van der Waals surface area contributed by atoms with E-state index in [0.717, 1.165) is 0 Å². The molecule has 3 N–H and O–H groups in total. The lowest BCUT2D eigenvalue weighted by atomic mass is 10.3. The Labute approximate surface area is 108 Å². The molecule has 2 aromatic heterocycles. The van der Waals surface area contributed by atoms with Crippen LogP contribution in [0.4, 0.5) is 0 Å². The van der Waals surface area contributed by atoms with Crippen molar-refractivity contribution in [2.75, 3.05) is 0 Å². The van der Waals surface area contributed by atoms with E-state index in [0.29, 0.717) is 18.7 Å². The molecule has 19 heavy (non-hydrogen) atoms. The van der Waals surface area contributed by atoms with Crippen LogP contribution in [0.5, 0.6) is 0 Å². The van der Waals surface area contributed by atoms with E-state index in [2.05, 4.69) is 10.3 Å². The number of nitrogen functional groups attached to an aromatic ring is 1. The van der Waals surface area contributed by atoms with Crippen LogP contribution in [-0.2, 0) is 13.1 Å². The lowest BCUT2D eigenvalue weighted by Gasteiger charge is -2.05. The SMILES string of the molecule is Cc1cccn(CCn2cc(C(=O)NN)nn2)c1=O. The van der Waals surface area contributed by atoms with Crippen LogP contribution in [-0.4, -0.2) is 25.5 Å². The maximum absolute atomic E-state index is 11.8. The molecule has 0 saturated carbocycles. The number of nitrogens with two attached hydrogens (primary N) is 1. The molecular weight excluding hydrogens is 248 g/mol. The molecule has 0 bridgehead atoms. The topological polar surface area (TPSA) is 108 Å². The number of carbonyl (C=O) groups is 1. The lowest BCUT2D eigenvalue weighted by molar-refractivity contribution is 0.0948. The minimum Gasteiger partial charge on any atom is -0.313 e. The van der Waals surface area contributed by atoms with Crippen LogP contribution in [0.3, 0.4) is 0 Å². The number of nitrogens with zero attached hydrogens (tertiary/aromatic N) is 4. The van der Waals surface area contributed by atoms with Gasteiger partial charge in [0, 0.05) is 18.3 Å². The van der Waals surface area contributed by atoms with Crippen molar-refractivity contribution in [1.29, 1.82) is 0 Å². The number of hydrogen-bond donors (Lipinski definition) is 2. The minimum absolute atomic E-state index is 0.0393. The second-order valence-corrected chi connectivity index (χ2v) is 4.03. The predicted octanol–water partition coefficient (Wildman–Crippen LogP) is -0.948. The number of aromatic nitrogens is 4. The maximum atomic E-state index is 11.8. The van der Waals surface area contributed by atoms with Crippen molar-refractivity contribution in [1.82, 2.24) is 25.0 Å². The third-order valence-corrected chi connectivity index (χ3v) is 2.68. The molecule has 0 saturated heterocycles. The second-order valence-electron chi connectivity index (χ2n) is 4.03. The van der Waals surface area contributed by atoms with Gasteiger partial charge in [-0.1, -0.05) is 11.3 Å². The molecule has 1 amide bonds. The summed E-state index contributed by atoms with van der Waals surface area (Å²) >= 11 is 0. The Morgan fingerprint density at radius 1 is 1.47 bits per heavy atom. The highest BCUT2D eigenvalue weighted by molar-refractivity contribution is 5.91. The van der Waals surface area contributed by atoms with Gasteiger partial charge in [0.1, 0.15) is 0 Å². The number of nitrogens with one attached hydrogen (secondary N) is 1. The van der Waals surface area contributed by atoms with E-state index in [1.165, 1.54) is 10.9 Å². The van der Waals surface area contributed by atoms with Crippen molar-refractivity contribution in [3.8, 4) is 0 Å². The van der Waals surface area contributed by atoms with Crippen LogP contribution in [0.15, 0.2) is 29.3 Å². The Hall–Kier alpha value is -2.48. The number of carbonyl (C=O) groups excluding carboxylic acids is 1. The number of pyridine rings is 1. The average molecular weight is 262 g/mol. The molecule has 0 aromatic carbocycles. The number of rotatable bonds is 4. The Balaban J connectivity index is 2.07. The number of aryl methyl sites for hydroxylation is 3. The standard InChI is InChI=1S/C11H14N6O2/c1-8-3-2-4-16(11(8)19)5-6-17-7-9(14-15-17)10(18)13-12/h2-4,7H,5-6,12H2,1H3,(H,13,18).